The van der Waals surface area contributed by atoms with E-state index in [4.69, 9.17) is 4.74 Å². The third-order valence-corrected chi connectivity index (χ3v) is 7.22. The van der Waals surface area contributed by atoms with E-state index in [0.717, 1.165) is 44.6 Å². The van der Waals surface area contributed by atoms with Crippen LogP contribution < -0.4 is 9.47 Å². The molecule has 3 rings (SSSR count). The van der Waals surface area contributed by atoms with E-state index in [2.05, 4.69) is 16.4 Å². The molecule has 0 N–H and O–H groups in total. The highest BCUT2D eigenvalue weighted by atomic mass is 19.4. The Bertz CT molecular complexity index is 923. The van der Waals surface area contributed by atoms with E-state index in [1.165, 1.54) is 6.42 Å². The van der Waals surface area contributed by atoms with Crippen LogP contribution in [0, 0.1) is 17.7 Å². The molecule has 2 aliphatic rings. The molecule has 0 radical (unpaired) electrons. The number of ether oxygens (including phenoxy) is 3. The van der Waals surface area contributed by atoms with Gasteiger partial charge in [0.05, 0.1) is 12.0 Å². The Morgan fingerprint density at radius 2 is 1.58 bits per heavy atom. The van der Waals surface area contributed by atoms with Gasteiger partial charge in [-0.2, -0.15) is 17.6 Å². The zero-order valence-corrected chi connectivity index (χ0v) is 21.3. The van der Waals surface area contributed by atoms with Crippen molar-refractivity contribution in [1.82, 2.24) is 0 Å². The first kappa shape index (κ1) is 30.5. The second kappa shape index (κ2) is 12.9. The predicted octanol–water partition coefficient (Wildman–Crippen LogP) is 9.56. The van der Waals surface area contributed by atoms with Crippen LogP contribution in [0.2, 0.25) is 0 Å². The Morgan fingerprint density at radius 3 is 2.16 bits per heavy atom. The molecule has 1 aromatic rings. The molecule has 2 aliphatic carbocycles. The minimum absolute atomic E-state index is 0.0835. The number of benzene rings is 1. The quantitative estimate of drug-likeness (QED) is 0.145. The van der Waals surface area contributed by atoms with Crippen LogP contribution in [0.25, 0.3) is 0 Å². The fourth-order valence-corrected chi connectivity index (χ4v) is 5.11. The van der Waals surface area contributed by atoms with E-state index >= 15 is 0 Å². The van der Waals surface area contributed by atoms with Gasteiger partial charge in [-0.15, -0.1) is 13.2 Å². The fourth-order valence-electron chi connectivity index (χ4n) is 5.11. The molecule has 11 heteroatoms. The highest BCUT2D eigenvalue weighted by Gasteiger charge is 2.46. The van der Waals surface area contributed by atoms with E-state index in [0.29, 0.717) is 37.0 Å². The van der Waals surface area contributed by atoms with Crippen LogP contribution in [-0.4, -0.2) is 24.7 Å². The number of unbranched alkanes of at least 4 members (excludes halogenated alkanes) is 3. The van der Waals surface area contributed by atoms with Crippen molar-refractivity contribution >= 4 is 0 Å². The van der Waals surface area contributed by atoms with Crippen LogP contribution in [0.15, 0.2) is 29.8 Å². The van der Waals surface area contributed by atoms with Gasteiger partial charge in [-0.1, -0.05) is 45.1 Å². The summed E-state index contributed by atoms with van der Waals surface area (Å²) >= 11 is 0. The van der Waals surface area contributed by atoms with Crippen molar-refractivity contribution in [3.05, 3.63) is 35.7 Å². The smallest absolute Gasteiger partial charge is 0.429 e. The van der Waals surface area contributed by atoms with Gasteiger partial charge < -0.3 is 14.2 Å². The van der Waals surface area contributed by atoms with Crippen molar-refractivity contribution in [1.29, 1.82) is 0 Å². The lowest BCUT2D eigenvalue weighted by Crippen LogP contribution is -2.39. The summed E-state index contributed by atoms with van der Waals surface area (Å²) in [4.78, 5) is 0. The summed E-state index contributed by atoms with van der Waals surface area (Å²) in [5.41, 5.74) is -0.500. The SMILES string of the molecule is CCCCCCC1CCC(C(F)(F)OC2CC=C(C(F)(F)Oc3ccc(OC(F)(F)F)c(F)c3)CC2)CC1. The molecule has 0 amide bonds. The molecule has 0 heterocycles. The molecular formula is C27H34F8O3. The van der Waals surface area contributed by atoms with E-state index < -0.39 is 53.5 Å². The standard InChI is InChI=1S/C27H34F8O3/c1-2-3-4-5-6-18-7-9-19(10-8-18)25(29,30)36-21-13-11-20(12-14-21)26(31,32)37-22-15-16-24(23(28)17-22)38-27(33,34)35/h11,15-19,21H,2-10,12-14H2,1H3. The van der Waals surface area contributed by atoms with Crippen molar-refractivity contribution in [3.63, 3.8) is 0 Å². The molecule has 0 aromatic heterocycles. The van der Waals surface area contributed by atoms with Gasteiger partial charge in [-0.3, -0.25) is 0 Å². The first-order valence-electron chi connectivity index (χ1n) is 13.2. The lowest BCUT2D eigenvalue weighted by atomic mass is 9.79. The minimum atomic E-state index is -5.15. The summed E-state index contributed by atoms with van der Waals surface area (Å²) in [6.45, 7) is 2.14. The van der Waals surface area contributed by atoms with Gasteiger partial charge in [-0.05, 0) is 63.0 Å². The Morgan fingerprint density at radius 1 is 0.868 bits per heavy atom. The van der Waals surface area contributed by atoms with Crippen LogP contribution in [0.5, 0.6) is 11.5 Å². The third-order valence-electron chi connectivity index (χ3n) is 7.22. The largest absolute Gasteiger partial charge is 0.573 e. The lowest BCUT2D eigenvalue weighted by molar-refractivity contribution is -0.299. The molecule has 38 heavy (non-hydrogen) atoms. The van der Waals surface area contributed by atoms with Crippen molar-refractivity contribution < 1.29 is 49.3 Å². The summed E-state index contributed by atoms with van der Waals surface area (Å²) in [5.74, 6) is -3.87. The van der Waals surface area contributed by atoms with Crippen molar-refractivity contribution in [2.45, 2.75) is 109 Å². The molecule has 0 bridgehead atoms. The maximum absolute atomic E-state index is 14.8. The number of hydrogen-bond acceptors (Lipinski definition) is 3. The zero-order chi connectivity index (χ0) is 28.0. The van der Waals surface area contributed by atoms with Gasteiger partial charge in [0, 0.05) is 11.6 Å². The molecule has 1 aromatic carbocycles. The van der Waals surface area contributed by atoms with Crippen LogP contribution in [0.3, 0.4) is 0 Å². The Kier molecular flexibility index (Phi) is 10.3. The summed E-state index contributed by atoms with van der Waals surface area (Å²) < 4.78 is 123. The molecule has 1 fully saturated rings. The topological polar surface area (TPSA) is 27.7 Å². The summed E-state index contributed by atoms with van der Waals surface area (Å²) in [5, 5.41) is 0. The second-order valence-electron chi connectivity index (χ2n) is 10.1. The average Bonchev–Trinajstić information content (AvgIpc) is 2.83. The Labute approximate surface area is 217 Å². The van der Waals surface area contributed by atoms with Gasteiger partial charge in [0.15, 0.2) is 11.6 Å². The summed E-state index contributed by atoms with van der Waals surface area (Å²) in [7, 11) is 0. The van der Waals surface area contributed by atoms with Crippen molar-refractivity contribution in [2.75, 3.05) is 0 Å². The zero-order valence-electron chi connectivity index (χ0n) is 21.3. The van der Waals surface area contributed by atoms with Crippen LogP contribution >= 0.6 is 0 Å². The van der Waals surface area contributed by atoms with Crippen molar-refractivity contribution in [3.8, 4) is 11.5 Å². The first-order chi connectivity index (χ1) is 17.8. The molecule has 0 saturated heterocycles. The van der Waals surface area contributed by atoms with Gasteiger partial charge in [0.2, 0.25) is 0 Å². The summed E-state index contributed by atoms with van der Waals surface area (Å²) in [6.07, 6.45) is -4.96. The molecule has 0 spiro atoms. The monoisotopic (exact) mass is 558 g/mol. The fraction of sp³-hybridized carbons (Fsp3) is 0.704. The maximum Gasteiger partial charge on any atom is 0.573 e. The molecule has 1 saturated carbocycles. The molecule has 1 unspecified atom stereocenters. The molecule has 0 aliphatic heterocycles. The normalized spacial score (nSPS) is 23.2. The lowest BCUT2D eigenvalue weighted by Gasteiger charge is -2.36. The maximum atomic E-state index is 14.8. The van der Waals surface area contributed by atoms with Gasteiger partial charge in [0.25, 0.3) is 0 Å². The average molecular weight is 559 g/mol. The highest BCUT2D eigenvalue weighted by Crippen LogP contribution is 2.43. The first-order valence-corrected chi connectivity index (χ1v) is 13.2. The highest BCUT2D eigenvalue weighted by molar-refractivity contribution is 5.34. The van der Waals surface area contributed by atoms with E-state index in [9.17, 15) is 35.1 Å². The molecular weight excluding hydrogens is 524 g/mol. The molecule has 3 nitrogen and oxygen atoms in total. The number of alkyl halides is 7. The van der Waals surface area contributed by atoms with Crippen LogP contribution in [0.1, 0.15) is 84.0 Å². The second-order valence-corrected chi connectivity index (χ2v) is 10.1. The summed E-state index contributed by atoms with van der Waals surface area (Å²) in [6, 6.07) is 1.59. The van der Waals surface area contributed by atoms with Crippen LogP contribution in [0.4, 0.5) is 35.1 Å². The van der Waals surface area contributed by atoms with Gasteiger partial charge in [-0.25, -0.2) is 4.39 Å². The Balaban J connectivity index is 1.49. The van der Waals surface area contributed by atoms with Gasteiger partial charge >= 0.3 is 18.6 Å². The molecule has 1 atom stereocenters. The van der Waals surface area contributed by atoms with Crippen molar-refractivity contribution in [2.24, 2.45) is 11.8 Å². The number of rotatable bonds is 12. The third kappa shape index (κ3) is 9.02. The Hall–Kier alpha value is -2.04. The van der Waals surface area contributed by atoms with E-state index in [-0.39, 0.29) is 19.3 Å². The van der Waals surface area contributed by atoms with E-state index in [1.54, 1.807) is 0 Å². The van der Waals surface area contributed by atoms with Gasteiger partial charge in [0.1, 0.15) is 5.75 Å². The predicted molar refractivity (Wildman–Crippen MR) is 125 cm³/mol. The minimum Gasteiger partial charge on any atom is -0.429 e. The molecule has 216 valence electrons. The van der Waals surface area contributed by atoms with E-state index in [1.807, 2.05) is 0 Å². The van der Waals surface area contributed by atoms with Crippen LogP contribution in [-0.2, 0) is 4.74 Å². The number of hydrogen-bond donors (Lipinski definition) is 0. The number of halogens is 8.